The highest BCUT2D eigenvalue weighted by molar-refractivity contribution is 6.31. The number of rotatable bonds is 6. The van der Waals surface area contributed by atoms with E-state index in [1.54, 1.807) is 4.80 Å². The minimum Gasteiger partial charge on any atom is -0.308 e. The van der Waals surface area contributed by atoms with Crippen molar-refractivity contribution >= 4 is 11.6 Å². The third-order valence-corrected chi connectivity index (χ3v) is 8.14. The van der Waals surface area contributed by atoms with E-state index in [2.05, 4.69) is 29.6 Å². The average molecular weight is 433 g/mol. The van der Waals surface area contributed by atoms with Gasteiger partial charge in [0.25, 0.3) is 0 Å². The highest BCUT2D eigenvalue weighted by Gasteiger charge is 2.47. The fraction of sp³-hybridized carbons (Fsp3) is 0.462. The number of hydrogen-bond acceptors (Lipinski definition) is 3. The maximum Gasteiger partial charge on any atom is 0.117 e. The Hall–Kier alpha value is -2.17. The molecule has 0 aliphatic heterocycles. The number of hydrogen-bond donors (Lipinski definition) is 1. The van der Waals surface area contributed by atoms with Gasteiger partial charge in [-0.15, -0.1) is 0 Å². The molecule has 1 heterocycles. The molecule has 4 nitrogen and oxygen atoms in total. The third kappa shape index (κ3) is 3.81. The van der Waals surface area contributed by atoms with Crippen LogP contribution in [0.4, 0.5) is 0 Å². The first-order chi connectivity index (χ1) is 15.2. The number of halogens is 1. The van der Waals surface area contributed by atoms with Gasteiger partial charge in [-0.25, -0.2) is 0 Å². The first kappa shape index (κ1) is 19.5. The zero-order valence-electron chi connectivity index (χ0n) is 17.8. The van der Waals surface area contributed by atoms with Crippen LogP contribution in [0.3, 0.4) is 0 Å². The second-order valence-corrected chi connectivity index (χ2v) is 10.2. The number of benzene rings is 2. The molecule has 160 valence electrons. The lowest BCUT2D eigenvalue weighted by molar-refractivity contribution is -0.0143. The van der Waals surface area contributed by atoms with Crippen LogP contribution in [0.25, 0.3) is 11.3 Å². The Morgan fingerprint density at radius 3 is 2.23 bits per heavy atom. The van der Waals surface area contributed by atoms with Gasteiger partial charge < -0.3 is 5.32 Å². The van der Waals surface area contributed by atoms with Gasteiger partial charge in [-0.1, -0.05) is 60.1 Å². The van der Waals surface area contributed by atoms with Gasteiger partial charge in [-0.2, -0.15) is 15.0 Å². The largest absolute Gasteiger partial charge is 0.308 e. The molecule has 0 amide bonds. The van der Waals surface area contributed by atoms with Crippen LogP contribution >= 0.6 is 11.6 Å². The summed E-state index contributed by atoms with van der Waals surface area (Å²) in [4.78, 5) is 1.80. The smallest absolute Gasteiger partial charge is 0.117 e. The SMILES string of the molecule is Clc1ccccc1Cn1nc(CNC2C3CC4CC(C3)CC2C4)c(-c2ccccc2)n1. The molecule has 0 radical (unpaired) electrons. The van der Waals surface area contributed by atoms with Crippen molar-refractivity contribution in [2.24, 2.45) is 23.7 Å². The minimum atomic E-state index is 0.581. The fourth-order valence-electron chi connectivity index (χ4n) is 6.64. The van der Waals surface area contributed by atoms with E-state index in [1.807, 2.05) is 30.3 Å². The quantitative estimate of drug-likeness (QED) is 0.554. The molecule has 1 N–H and O–H groups in total. The van der Waals surface area contributed by atoms with Crippen LogP contribution in [-0.4, -0.2) is 21.0 Å². The summed E-state index contributed by atoms with van der Waals surface area (Å²) in [5, 5.41) is 14.5. The summed E-state index contributed by atoms with van der Waals surface area (Å²) >= 11 is 6.39. The molecule has 4 bridgehead atoms. The second kappa shape index (κ2) is 8.07. The van der Waals surface area contributed by atoms with E-state index in [9.17, 15) is 0 Å². The van der Waals surface area contributed by atoms with Crippen molar-refractivity contribution in [2.45, 2.75) is 51.2 Å². The van der Waals surface area contributed by atoms with E-state index in [1.165, 1.54) is 32.1 Å². The molecule has 4 fully saturated rings. The highest BCUT2D eigenvalue weighted by Crippen LogP contribution is 2.53. The maximum atomic E-state index is 6.39. The number of nitrogens with one attached hydrogen (secondary N) is 1. The van der Waals surface area contributed by atoms with E-state index >= 15 is 0 Å². The van der Waals surface area contributed by atoms with Crippen LogP contribution in [0.1, 0.15) is 43.4 Å². The third-order valence-electron chi connectivity index (χ3n) is 7.77. The molecular weight excluding hydrogens is 404 g/mol. The molecule has 4 saturated carbocycles. The minimum absolute atomic E-state index is 0.581. The molecule has 0 unspecified atom stereocenters. The van der Waals surface area contributed by atoms with Gasteiger partial charge in [0.1, 0.15) is 11.4 Å². The average Bonchev–Trinajstić information content (AvgIpc) is 3.18. The Bertz CT molecular complexity index is 1030. The predicted octanol–water partition coefficient (Wildman–Crippen LogP) is 5.56. The summed E-state index contributed by atoms with van der Waals surface area (Å²) in [6.07, 6.45) is 7.20. The molecule has 5 heteroatoms. The second-order valence-electron chi connectivity index (χ2n) is 9.82. The van der Waals surface area contributed by atoms with Gasteiger partial charge in [-0.05, 0) is 67.4 Å². The normalized spacial score (nSPS) is 28.9. The van der Waals surface area contributed by atoms with Gasteiger partial charge in [0.05, 0.1) is 6.54 Å². The Labute approximate surface area is 189 Å². The number of nitrogens with zero attached hydrogens (tertiary/aromatic N) is 3. The van der Waals surface area contributed by atoms with Crippen LogP contribution in [-0.2, 0) is 13.1 Å². The molecule has 0 spiro atoms. The molecule has 0 atom stereocenters. The first-order valence-electron chi connectivity index (χ1n) is 11.7. The monoisotopic (exact) mass is 432 g/mol. The summed E-state index contributed by atoms with van der Waals surface area (Å²) < 4.78 is 0. The van der Waals surface area contributed by atoms with Crippen LogP contribution in [0.15, 0.2) is 54.6 Å². The van der Waals surface area contributed by atoms with E-state index in [0.717, 1.165) is 57.8 Å². The van der Waals surface area contributed by atoms with Gasteiger partial charge >= 0.3 is 0 Å². The van der Waals surface area contributed by atoms with Crippen LogP contribution < -0.4 is 5.32 Å². The van der Waals surface area contributed by atoms with E-state index in [0.29, 0.717) is 12.6 Å². The fourth-order valence-corrected chi connectivity index (χ4v) is 6.84. The summed E-state index contributed by atoms with van der Waals surface area (Å²) in [5.41, 5.74) is 4.17. The standard InChI is InChI=1S/C26H29ClN4/c27-23-9-5-4-8-20(23)16-31-29-24(26(30-31)19-6-2-1-3-7-19)15-28-25-21-11-17-10-18(13-21)14-22(25)12-17/h1-9,17-18,21-22,25,28H,10-16H2. The first-order valence-corrected chi connectivity index (χ1v) is 12.1. The summed E-state index contributed by atoms with van der Waals surface area (Å²) in [6.45, 7) is 1.36. The lowest BCUT2D eigenvalue weighted by atomic mass is 9.54. The molecule has 1 aromatic heterocycles. The van der Waals surface area contributed by atoms with Gasteiger partial charge in [0.2, 0.25) is 0 Å². The van der Waals surface area contributed by atoms with E-state index in [4.69, 9.17) is 21.8 Å². The maximum absolute atomic E-state index is 6.39. The van der Waals surface area contributed by atoms with Gasteiger partial charge in [-0.3, -0.25) is 0 Å². The topological polar surface area (TPSA) is 42.7 Å². The summed E-state index contributed by atoms with van der Waals surface area (Å²) in [5.74, 6) is 3.71. The van der Waals surface area contributed by atoms with Crippen molar-refractivity contribution in [1.29, 1.82) is 0 Å². The van der Waals surface area contributed by atoms with E-state index < -0.39 is 0 Å². The lowest BCUT2D eigenvalue weighted by Gasteiger charge is -2.54. The zero-order chi connectivity index (χ0) is 20.8. The Kier molecular flexibility index (Phi) is 5.08. The molecular formula is C26H29ClN4. The molecule has 31 heavy (non-hydrogen) atoms. The predicted molar refractivity (Wildman–Crippen MR) is 124 cm³/mol. The van der Waals surface area contributed by atoms with Gasteiger partial charge in [0.15, 0.2) is 0 Å². The zero-order valence-corrected chi connectivity index (χ0v) is 18.5. The van der Waals surface area contributed by atoms with Crippen LogP contribution in [0.5, 0.6) is 0 Å². The Morgan fingerprint density at radius 1 is 0.839 bits per heavy atom. The van der Waals surface area contributed by atoms with Gasteiger partial charge in [0, 0.05) is 23.2 Å². The summed E-state index contributed by atoms with van der Waals surface area (Å²) in [6, 6.07) is 19.0. The van der Waals surface area contributed by atoms with Crippen molar-refractivity contribution in [2.75, 3.05) is 0 Å². The summed E-state index contributed by atoms with van der Waals surface area (Å²) in [7, 11) is 0. The van der Waals surface area contributed by atoms with Crippen LogP contribution in [0.2, 0.25) is 5.02 Å². The lowest BCUT2D eigenvalue weighted by Crippen LogP contribution is -2.54. The molecule has 3 aromatic rings. The molecule has 0 saturated heterocycles. The molecule has 2 aromatic carbocycles. The van der Waals surface area contributed by atoms with Crippen molar-refractivity contribution in [1.82, 2.24) is 20.3 Å². The molecule has 7 rings (SSSR count). The highest BCUT2D eigenvalue weighted by atomic mass is 35.5. The van der Waals surface area contributed by atoms with Crippen molar-refractivity contribution in [3.05, 3.63) is 70.9 Å². The number of aromatic nitrogens is 3. The van der Waals surface area contributed by atoms with Crippen LogP contribution in [0, 0.1) is 23.7 Å². The Balaban J connectivity index is 1.25. The van der Waals surface area contributed by atoms with Crippen molar-refractivity contribution in [3.63, 3.8) is 0 Å². The molecule has 4 aliphatic carbocycles. The molecule has 4 aliphatic rings. The van der Waals surface area contributed by atoms with E-state index in [-0.39, 0.29) is 0 Å². The van der Waals surface area contributed by atoms with Crippen molar-refractivity contribution < 1.29 is 0 Å². The van der Waals surface area contributed by atoms with Crippen molar-refractivity contribution in [3.8, 4) is 11.3 Å². The Morgan fingerprint density at radius 2 is 1.52 bits per heavy atom.